The number of fused-ring (bicyclic) bond motifs is 2. The molecule has 6 nitrogen and oxygen atoms in total. The molecule has 0 spiro atoms. The zero-order valence-electron chi connectivity index (χ0n) is 16.7. The van der Waals surface area contributed by atoms with Crippen molar-refractivity contribution in [1.82, 2.24) is 19.3 Å². The summed E-state index contributed by atoms with van der Waals surface area (Å²) in [4.78, 5) is 22.3. The van der Waals surface area contributed by atoms with Crippen LogP contribution in [0.4, 0.5) is 22.0 Å². The molecule has 0 unspecified atom stereocenters. The number of pyridine rings is 1. The van der Waals surface area contributed by atoms with Crippen LogP contribution in [0.25, 0.3) is 15.9 Å². The number of piperidine rings is 1. The van der Waals surface area contributed by atoms with E-state index in [-0.39, 0.29) is 27.5 Å². The zero-order chi connectivity index (χ0) is 23.4. The summed E-state index contributed by atoms with van der Waals surface area (Å²) in [5.41, 5.74) is -0.682. The Morgan fingerprint density at radius 3 is 2.79 bits per heavy atom. The second-order valence-corrected chi connectivity index (χ2v) is 8.57. The standard InChI is InChI=1S/C21H15F5N4O2S/c22-20(23)6-9-30(18(31)12-3-2-8-29-10-7-27-17(12)29)11-15(20)32-19-28-16-13(21(24,25)26)4-1-5-14(16)33-19/h1-5,7-8,10,15H,6,9,11H2/t15-/m0/s1. The van der Waals surface area contributed by atoms with Gasteiger partial charge in [0.05, 0.1) is 27.9 Å². The van der Waals surface area contributed by atoms with Gasteiger partial charge in [-0.05, 0) is 24.3 Å². The molecule has 5 rings (SSSR count). The van der Waals surface area contributed by atoms with E-state index in [1.165, 1.54) is 23.2 Å². The molecule has 1 saturated heterocycles. The Morgan fingerprint density at radius 2 is 2.00 bits per heavy atom. The van der Waals surface area contributed by atoms with Crippen LogP contribution in [0.2, 0.25) is 0 Å². The van der Waals surface area contributed by atoms with Crippen molar-refractivity contribution in [3.8, 4) is 5.19 Å². The van der Waals surface area contributed by atoms with Crippen molar-refractivity contribution in [2.75, 3.05) is 13.1 Å². The first-order valence-electron chi connectivity index (χ1n) is 9.86. The smallest absolute Gasteiger partial charge is 0.418 e. The topological polar surface area (TPSA) is 59.7 Å². The molecule has 0 bridgehead atoms. The van der Waals surface area contributed by atoms with E-state index in [1.54, 1.807) is 28.9 Å². The van der Waals surface area contributed by atoms with Crippen molar-refractivity contribution >= 4 is 33.1 Å². The summed E-state index contributed by atoms with van der Waals surface area (Å²) in [5.74, 6) is -3.78. The molecule has 0 saturated carbocycles. The third-order valence-electron chi connectivity index (χ3n) is 5.46. The van der Waals surface area contributed by atoms with Gasteiger partial charge in [0.2, 0.25) is 0 Å². The lowest BCUT2D eigenvalue weighted by molar-refractivity contribution is -0.136. The fourth-order valence-electron chi connectivity index (χ4n) is 3.79. The first-order valence-corrected chi connectivity index (χ1v) is 10.7. The molecule has 0 N–H and O–H groups in total. The number of para-hydroxylation sites is 1. The first kappa shape index (κ1) is 21.6. The highest BCUT2D eigenvalue weighted by molar-refractivity contribution is 7.20. The number of ether oxygens (including phenoxy) is 1. The summed E-state index contributed by atoms with van der Waals surface area (Å²) in [5, 5.41) is -0.309. The Bertz CT molecular complexity index is 1350. The van der Waals surface area contributed by atoms with Crippen molar-refractivity contribution in [3.63, 3.8) is 0 Å². The zero-order valence-corrected chi connectivity index (χ0v) is 17.5. The number of nitrogens with zero attached hydrogens (tertiary/aromatic N) is 4. The maximum Gasteiger partial charge on any atom is 0.418 e. The molecule has 12 heteroatoms. The van der Waals surface area contributed by atoms with Crippen LogP contribution in [-0.4, -0.2) is 50.3 Å². The number of aromatic nitrogens is 3. The maximum atomic E-state index is 14.6. The van der Waals surface area contributed by atoms with Crippen molar-refractivity contribution in [3.05, 3.63) is 60.0 Å². The van der Waals surface area contributed by atoms with Crippen molar-refractivity contribution in [2.45, 2.75) is 24.6 Å². The fraction of sp³-hybridized carbons (Fsp3) is 0.286. The molecule has 1 aromatic carbocycles. The van der Waals surface area contributed by atoms with E-state index in [0.717, 1.165) is 17.4 Å². The third kappa shape index (κ3) is 3.88. The van der Waals surface area contributed by atoms with Gasteiger partial charge in [-0.2, -0.15) is 13.2 Å². The lowest BCUT2D eigenvalue weighted by atomic mass is 10.0. The Morgan fingerprint density at radius 1 is 1.18 bits per heavy atom. The first-order chi connectivity index (χ1) is 15.6. The second-order valence-electron chi connectivity index (χ2n) is 7.58. The van der Waals surface area contributed by atoms with E-state index in [2.05, 4.69) is 9.97 Å². The number of carbonyl (C=O) groups excluding carboxylic acids is 1. The number of likely N-dealkylation sites (tertiary alicyclic amines) is 1. The average Bonchev–Trinajstić information content (AvgIpc) is 3.39. The van der Waals surface area contributed by atoms with Crippen LogP contribution in [0.3, 0.4) is 0 Å². The second kappa shape index (κ2) is 7.65. The molecule has 3 aromatic heterocycles. The van der Waals surface area contributed by atoms with Gasteiger partial charge in [0.1, 0.15) is 5.65 Å². The highest BCUT2D eigenvalue weighted by Gasteiger charge is 2.48. The molecule has 1 atom stereocenters. The van der Waals surface area contributed by atoms with E-state index < -0.39 is 42.6 Å². The number of carbonyl (C=O) groups is 1. The van der Waals surface area contributed by atoms with Gasteiger partial charge in [0.15, 0.2) is 6.10 Å². The molecule has 1 fully saturated rings. The number of imidazole rings is 1. The lowest BCUT2D eigenvalue weighted by Crippen LogP contribution is -2.55. The highest BCUT2D eigenvalue weighted by atomic mass is 32.1. The molecule has 0 aliphatic carbocycles. The molecule has 1 aliphatic heterocycles. The van der Waals surface area contributed by atoms with Gasteiger partial charge in [0, 0.05) is 31.6 Å². The van der Waals surface area contributed by atoms with Gasteiger partial charge in [0.25, 0.3) is 17.0 Å². The summed E-state index contributed by atoms with van der Waals surface area (Å²) in [6, 6.07) is 6.71. The highest BCUT2D eigenvalue weighted by Crippen LogP contribution is 2.40. The number of benzene rings is 1. The predicted octanol–water partition coefficient (Wildman–Crippen LogP) is 4.89. The summed E-state index contributed by atoms with van der Waals surface area (Å²) < 4.78 is 76.2. The minimum atomic E-state index is -4.64. The van der Waals surface area contributed by atoms with Gasteiger partial charge in [-0.1, -0.05) is 17.4 Å². The lowest BCUT2D eigenvalue weighted by Gasteiger charge is -2.37. The van der Waals surface area contributed by atoms with Gasteiger partial charge < -0.3 is 14.0 Å². The van der Waals surface area contributed by atoms with E-state index >= 15 is 0 Å². The van der Waals surface area contributed by atoms with Crippen LogP contribution in [0.1, 0.15) is 22.3 Å². The molecule has 33 heavy (non-hydrogen) atoms. The molecule has 4 aromatic rings. The normalized spacial score (nSPS) is 18.7. The van der Waals surface area contributed by atoms with Gasteiger partial charge >= 0.3 is 6.18 Å². The number of amides is 1. The van der Waals surface area contributed by atoms with Gasteiger partial charge in [-0.25, -0.2) is 18.7 Å². The van der Waals surface area contributed by atoms with Crippen LogP contribution < -0.4 is 4.74 Å². The molecular formula is C21H15F5N4O2S. The minimum Gasteiger partial charge on any atom is -0.458 e. The van der Waals surface area contributed by atoms with Crippen molar-refractivity contribution in [1.29, 1.82) is 0 Å². The third-order valence-corrected chi connectivity index (χ3v) is 6.37. The van der Waals surface area contributed by atoms with E-state index in [9.17, 15) is 26.7 Å². The monoisotopic (exact) mass is 482 g/mol. The molecule has 1 amide bonds. The van der Waals surface area contributed by atoms with Crippen molar-refractivity contribution < 1.29 is 31.5 Å². The van der Waals surface area contributed by atoms with Crippen molar-refractivity contribution in [2.24, 2.45) is 0 Å². The van der Waals surface area contributed by atoms with E-state index in [0.29, 0.717) is 5.65 Å². The summed E-state index contributed by atoms with van der Waals surface area (Å²) in [6.07, 6.45) is -2.17. The summed E-state index contributed by atoms with van der Waals surface area (Å²) in [7, 11) is 0. The Kier molecular flexibility index (Phi) is 5.00. The van der Waals surface area contributed by atoms with E-state index in [1.807, 2.05) is 0 Å². The van der Waals surface area contributed by atoms with Crippen LogP contribution in [0.15, 0.2) is 48.9 Å². The number of thiazole rings is 1. The number of hydrogen-bond donors (Lipinski definition) is 0. The largest absolute Gasteiger partial charge is 0.458 e. The number of halogens is 5. The number of hydrogen-bond acceptors (Lipinski definition) is 5. The molecule has 1 aliphatic rings. The Balaban J connectivity index is 1.42. The van der Waals surface area contributed by atoms with Crippen LogP contribution in [0.5, 0.6) is 5.19 Å². The van der Waals surface area contributed by atoms with Gasteiger partial charge in [-0.15, -0.1) is 0 Å². The number of alkyl halides is 5. The van der Waals surface area contributed by atoms with Crippen LogP contribution >= 0.6 is 11.3 Å². The SMILES string of the molecule is O=C(c1cccn2ccnc12)N1CCC(F)(F)[C@@H](Oc2nc3c(C(F)(F)F)cccc3s2)C1. The Hall–Kier alpha value is -3.28. The maximum absolute atomic E-state index is 14.6. The number of rotatable bonds is 3. The summed E-state index contributed by atoms with van der Waals surface area (Å²) >= 11 is 0.748. The molecular weight excluding hydrogens is 467 g/mol. The average molecular weight is 482 g/mol. The van der Waals surface area contributed by atoms with E-state index in [4.69, 9.17) is 4.74 Å². The molecule has 0 radical (unpaired) electrons. The fourth-order valence-corrected chi connectivity index (χ4v) is 4.68. The minimum absolute atomic E-state index is 0.165. The van der Waals surface area contributed by atoms with Crippen LogP contribution in [-0.2, 0) is 6.18 Å². The quantitative estimate of drug-likeness (QED) is 0.390. The summed E-state index contributed by atoms with van der Waals surface area (Å²) in [6.45, 7) is -0.652. The molecule has 4 heterocycles. The Labute approximate surface area is 187 Å². The predicted molar refractivity (Wildman–Crippen MR) is 110 cm³/mol. The van der Waals surface area contributed by atoms with Crippen LogP contribution in [0, 0.1) is 0 Å². The van der Waals surface area contributed by atoms with Gasteiger partial charge in [-0.3, -0.25) is 4.79 Å². The molecule has 172 valence electrons.